The van der Waals surface area contributed by atoms with Gasteiger partial charge in [0.15, 0.2) is 11.4 Å². The van der Waals surface area contributed by atoms with Gasteiger partial charge in [0.05, 0.1) is 17.0 Å². The maximum atomic E-state index is 12.7. The number of ketones is 1. The largest absolute Gasteiger partial charge is 0.420 e. The molecule has 1 aliphatic heterocycles. The molecular formula is C19H17ClN2O5S. The predicted octanol–water partition coefficient (Wildman–Crippen LogP) is 2.92. The Labute approximate surface area is 166 Å². The first kappa shape index (κ1) is 18.9. The normalized spacial score (nSPS) is 15.3. The molecule has 28 heavy (non-hydrogen) atoms. The number of hydrogen-bond acceptors (Lipinski definition) is 5. The molecule has 0 amide bonds. The fraction of sp³-hybridized carbons (Fsp3) is 0.263. The van der Waals surface area contributed by atoms with Crippen molar-refractivity contribution in [2.24, 2.45) is 0 Å². The molecule has 0 unspecified atom stereocenters. The van der Waals surface area contributed by atoms with Crippen molar-refractivity contribution in [3.05, 3.63) is 63.6 Å². The first-order valence-electron chi connectivity index (χ1n) is 8.78. The summed E-state index contributed by atoms with van der Waals surface area (Å²) in [7, 11) is -3.62. The van der Waals surface area contributed by atoms with Crippen LogP contribution in [0.1, 0.15) is 23.2 Å². The van der Waals surface area contributed by atoms with Crippen molar-refractivity contribution in [1.82, 2.24) is 8.87 Å². The smallest absolute Gasteiger partial charge is 0.408 e. The molecule has 0 bridgehead atoms. The van der Waals surface area contributed by atoms with E-state index in [2.05, 4.69) is 0 Å². The monoisotopic (exact) mass is 420 g/mol. The molecule has 7 nitrogen and oxygen atoms in total. The second-order valence-electron chi connectivity index (χ2n) is 6.62. The van der Waals surface area contributed by atoms with Crippen LogP contribution in [-0.4, -0.2) is 36.2 Å². The van der Waals surface area contributed by atoms with E-state index in [-0.39, 0.29) is 22.8 Å². The quantitative estimate of drug-likeness (QED) is 0.592. The molecule has 146 valence electrons. The molecule has 0 spiro atoms. The van der Waals surface area contributed by atoms with Gasteiger partial charge < -0.3 is 4.42 Å². The highest BCUT2D eigenvalue weighted by molar-refractivity contribution is 7.89. The number of benzene rings is 2. The van der Waals surface area contributed by atoms with Gasteiger partial charge in [-0.1, -0.05) is 11.6 Å². The summed E-state index contributed by atoms with van der Waals surface area (Å²) in [5.74, 6) is -0.997. The van der Waals surface area contributed by atoms with Crippen LogP contribution in [0.5, 0.6) is 0 Å². The maximum absolute atomic E-state index is 12.7. The molecule has 0 saturated carbocycles. The fourth-order valence-corrected chi connectivity index (χ4v) is 4.96. The molecule has 1 saturated heterocycles. The summed E-state index contributed by atoms with van der Waals surface area (Å²) in [5.41, 5.74) is 0.917. The highest BCUT2D eigenvalue weighted by atomic mass is 35.5. The second-order valence-corrected chi connectivity index (χ2v) is 9.00. The van der Waals surface area contributed by atoms with Crippen molar-refractivity contribution in [3.8, 4) is 0 Å². The summed E-state index contributed by atoms with van der Waals surface area (Å²) >= 11 is 5.83. The van der Waals surface area contributed by atoms with Gasteiger partial charge in [0, 0.05) is 29.7 Å². The molecular weight excluding hydrogens is 404 g/mol. The molecule has 0 atom stereocenters. The number of carbonyl (C=O) groups excluding carboxylic acids is 1. The Morgan fingerprint density at radius 3 is 2.43 bits per heavy atom. The minimum atomic E-state index is -3.62. The Morgan fingerprint density at radius 1 is 1.07 bits per heavy atom. The van der Waals surface area contributed by atoms with E-state index >= 15 is 0 Å². The van der Waals surface area contributed by atoms with Gasteiger partial charge in [-0.25, -0.2) is 13.2 Å². The zero-order chi connectivity index (χ0) is 19.9. The van der Waals surface area contributed by atoms with Crippen LogP contribution in [-0.2, 0) is 16.6 Å². The van der Waals surface area contributed by atoms with Gasteiger partial charge in [0.2, 0.25) is 10.0 Å². The Hall–Kier alpha value is -2.42. The summed E-state index contributed by atoms with van der Waals surface area (Å²) in [6.07, 6.45) is 1.67. The highest BCUT2D eigenvalue weighted by Crippen LogP contribution is 2.24. The van der Waals surface area contributed by atoms with Crippen molar-refractivity contribution in [1.29, 1.82) is 0 Å². The van der Waals surface area contributed by atoms with Crippen LogP contribution < -0.4 is 5.76 Å². The molecule has 2 heterocycles. The summed E-state index contributed by atoms with van der Waals surface area (Å²) in [4.78, 5) is 24.8. The van der Waals surface area contributed by atoms with Crippen LogP contribution >= 0.6 is 11.6 Å². The van der Waals surface area contributed by atoms with Crippen LogP contribution in [0, 0.1) is 0 Å². The molecule has 4 rings (SSSR count). The summed E-state index contributed by atoms with van der Waals surface area (Å²) in [6.45, 7) is 0.757. The molecule has 0 radical (unpaired) electrons. The first-order chi connectivity index (χ1) is 13.4. The van der Waals surface area contributed by atoms with Gasteiger partial charge in [-0.3, -0.25) is 9.36 Å². The average molecular weight is 421 g/mol. The molecule has 1 aromatic heterocycles. The second kappa shape index (κ2) is 7.20. The Morgan fingerprint density at radius 2 is 1.75 bits per heavy atom. The SMILES string of the molecule is O=C(Cn1c(=O)oc2cc(S(=O)(=O)N3CCCC3)ccc21)c1ccc(Cl)cc1. The Kier molecular flexibility index (Phi) is 4.86. The van der Waals surface area contributed by atoms with E-state index in [0.29, 0.717) is 29.2 Å². The number of nitrogens with zero attached hydrogens (tertiary/aromatic N) is 2. The van der Waals surface area contributed by atoms with Gasteiger partial charge >= 0.3 is 5.76 Å². The summed E-state index contributed by atoms with van der Waals surface area (Å²) < 4.78 is 33.2. The number of fused-ring (bicyclic) bond motifs is 1. The summed E-state index contributed by atoms with van der Waals surface area (Å²) in [5, 5.41) is 0.509. The van der Waals surface area contributed by atoms with Crippen LogP contribution in [0.2, 0.25) is 5.02 Å². The third-order valence-corrected chi connectivity index (χ3v) is 6.96. The zero-order valence-electron chi connectivity index (χ0n) is 14.8. The van der Waals surface area contributed by atoms with Gasteiger partial charge in [0.1, 0.15) is 0 Å². The van der Waals surface area contributed by atoms with E-state index < -0.39 is 15.8 Å². The van der Waals surface area contributed by atoms with Crippen molar-refractivity contribution in [2.45, 2.75) is 24.3 Å². The van der Waals surface area contributed by atoms with E-state index in [9.17, 15) is 18.0 Å². The molecule has 0 N–H and O–H groups in total. The van der Waals surface area contributed by atoms with E-state index in [0.717, 1.165) is 12.8 Å². The lowest BCUT2D eigenvalue weighted by molar-refractivity contribution is 0.0970. The minimum Gasteiger partial charge on any atom is -0.408 e. The molecule has 1 fully saturated rings. The summed E-state index contributed by atoms with van der Waals surface area (Å²) in [6, 6.07) is 10.6. The van der Waals surface area contributed by atoms with E-state index in [1.54, 1.807) is 24.3 Å². The average Bonchev–Trinajstić information content (AvgIpc) is 3.31. The van der Waals surface area contributed by atoms with Gasteiger partial charge in [-0.05, 0) is 49.2 Å². The number of Topliss-reactive ketones (excluding diaryl/α,β-unsaturated/α-hetero) is 1. The van der Waals surface area contributed by atoms with Gasteiger partial charge in [-0.2, -0.15) is 4.31 Å². The minimum absolute atomic E-state index is 0.0758. The molecule has 9 heteroatoms. The molecule has 3 aromatic rings. The number of rotatable bonds is 5. The number of halogens is 1. The van der Waals surface area contributed by atoms with Crippen molar-refractivity contribution in [3.63, 3.8) is 0 Å². The number of aromatic nitrogens is 1. The fourth-order valence-electron chi connectivity index (χ4n) is 3.31. The van der Waals surface area contributed by atoms with Crippen LogP contribution in [0.3, 0.4) is 0 Å². The van der Waals surface area contributed by atoms with E-state index in [1.807, 2.05) is 0 Å². The standard InChI is InChI=1S/C19H17ClN2O5S/c20-14-5-3-13(4-6-14)17(23)12-22-16-8-7-15(11-18(16)27-19(22)24)28(25,26)21-9-1-2-10-21/h3-8,11H,1-2,9-10,12H2. The molecule has 0 aliphatic carbocycles. The Balaban J connectivity index is 1.67. The predicted molar refractivity (Wildman–Crippen MR) is 104 cm³/mol. The van der Waals surface area contributed by atoms with Crippen molar-refractivity contribution in [2.75, 3.05) is 13.1 Å². The lowest BCUT2D eigenvalue weighted by Crippen LogP contribution is -2.27. The number of oxazole rings is 1. The van der Waals surface area contributed by atoms with Crippen molar-refractivity contribution < 1.29 is 17.6 Å². The first-order valence-corrected chi connectivity index (χ1v) is 10.6. The van der Waals surface area contributed by atoms with Crippen LogP contribution in [0.15, 0.2) is 56.6 Å². The number of hydrogen-bond donors (Lipinski definition) is 0. The topological polar surface area (TPSA) is 89.6 Å². The third-order valence-electron chi connectivity index (χ3n) is 4.81. The molecule has 1 aliphatic rings. The third kappa shape index (κ3) is 3.39. The van der Waals surface area contributed by atoms with Gasteiger partial charge in [-0.15, -0.1) is 0 Å². The van der Waals surface area contributed by atoms with E-state index in [1.165, 1.54) is 27.1 Å². The lowest BCUT2D eigenvalue weighted by atomic mass is 10.1. The molecule has 2 aromatic carbocycles. The Bertz CT molecular complexity index is 1210. The number of carbonyl (C=O) groups is 1. The van der Waals surface area contributed by atoms with Crippen LogP contribution in [0.25, 0.3) is 11.1 Å². The highest BCUT2D eigenvalue weighted by Gasteiger charge is 2.28. The maximum Gasteiger partial charge on any atom is 0.420 e. The van der Waals surface area contributed by atoms with E-state index in [4.69, 9.17) is 16.0 Å². The zero-order valence-corrected chi connectivity index (χ0v) is 16.4. The van der Waals surface area contributed by atoms with Crippen LogP contribution in [0.4, 0.5) is 0 Å². The number of sulfonamides is 1. The van der Waals surface area contributed by atoms with Crippen molar-refractivity contribution >= 4 is 38.5 Å². The van der Waals surface area contributed by atoms with Gasteiger partial charge in [0.25, 0.3) is 0 Å². The lowest BCUT2D eigenvalue weighted by Gasteiger charge is -2.15.